The number of nitrogens with zero attached hydrogens (tertiary/aromatic N) is 2. The van der Waals surface area contributed by atoms with Gasteiger partial charge in [-0.3, -0.25) is 19.1 Å². The molecule has 7 nitrogen and oxygen atoms in total. The van der Waals surface area contributed by atoms with Gasteiger partial charge in [0.05, 0.1) is 6.21 Å². The molecule has 0 unspecified atom stereocenters. The number of rotatable bonds is 7. The topological polar surface area (TPSA) is 99.5 Å². The molecule has 0 aliphatic carbocycles. The van der Waals surface area contributed by atoms with E-state index >= 15 is 0 Å². The maximum absolute atomic E-state index is 11.6. The van der Waals surface area contributed by atoms with E-state index in [1.807, 2.05) is 0 Å². The summed E-state index contributed by atoms with van der Waals surface area (Å²) in [5.74, 6) is -0.521. The number of aromatic hydroxyl groups is 1. The highest BCUT2D eigenvalue weighted by Gasteiger charge is 2.08. The number of aromatic amines is 1. The molecule has 1 aromatic rings. The van der Waals surface area contributed by atoms with E-state index in [2.05, 4.69) is 22.4 Å². The zero-order valence-electron chi connectivity index (χ0n) is 12.2. The molecule has 1 aromatic heterocycles. The van der Waals surface area contributed by atoms with Gasteiger partial charge >= 0.3 is 0 Å². The van der Waals surface area contributed by atoms with Crippen molar-refractivity contribution in [1.29, 1.82) is 0 Å². The Morgan fingerprint density at radius 2 is 2.19 bits per heavy atom. The summed E-state index contributed by atoms with van der Waals surface area (Å²) in [6.45, 7) is 2.10. The van der Waals surface area contributed by atoms with Crippen LogP contribution in [0.2, 0.25) is 0 Å². The molecule has 1 amide bonds. The van der Waals surface area contributed by atoms with Crippen molar-refractivity contribution in [2.45, 2.75) is 39.0 Å². The van der Waals surface area contributed by atoms with Crippen molar-refractivity contribution < 1.29 is 9.90 Å². The average Bonchev–Trinajstić information content (AvgIpc) is 2.45. The van der Waals surface area contributed by atoms with Crippen molar-refractivity contribution >= 4 is 24.3 Å². The highest BCUT2D eigenvalue weighted by Crippen LogP contribution is 2.08. The second kappa shape index (κ2) is 8.35. The quantitative estimate of drug-likeness (QED) is 0.308. The fraction of sp³-hybridized carbons (Fsp3) is 0.538. The molecular formula is C13H20N4O3S. The van der Waals surface area contributed by atoms with E-state index in [0.29, 0.717) is 6.42 Å². The minimum absolute atomic E-state index is 0.0580. The first-order valence-electron chi connectivity index (χ1n) is 6.81. The van der Waals surface area contributed by atoms with Crippen LogP contribution in [0.25, 0.3) is 0 Å². The molecule has 0 aliphatic heterocycles. The molecule has 3 N–H and O–H groups in total. The summed E-state index contributed by atoms with van der Waals surface area (Å²) < 4.78 is 1.35. The lowest BCUT2D eigenvalue weighted by atomic mass is 10.1. The van der Waals surface area contributed by atoms with Gasteiger partial charge in [0.1, 0.15) is 5.56 Å². The van der Waals surface area contributed by atoms with Crippen molar-refractivity contribution in [3.05, 3.63) is 20.7 Å². The molecule has 0 aliphatic rings. The predicted octanol–water partition coefficient (Wildman–Crippen LogP) is 1.57. The van der Waals surface area contributed by atoms with Crippen LogP contribution in [0.1, 0.15) is 44.6 Å². The van der Waals surface area contributed by atoms with Crippen LogP contribution in [0.15, 0.2) is 9.90 Å². The number of carbonyl (C=O) groups excluding carboxylic acids is 1. The van der Waals surface area contributed by atoms with Gasteiger partial charge in [-0.05, 0) is 18.6 Å². The predicted molar refractivity (Wildman–Crippen MR) is 83.0 cm³/mol. The van der Waals surface area contributed by atoms with Crippen LogP contribution in [0.4, 0.5) is 0 Å². The number of hydrogen-bond acceptors (Lipinski definition) is 5. The lowest BCUT2D eigenvalue weighted by Gasteiger charge is -2.04. The molecule has 0 saturated carbocycles. The third-order valence-corrected chi connectivity index (χ3v) is 3.34. The van der Waals surface area contributed by atoms with E-state index in [-0.39, 0.29) is 22.1 Å². The smallest absolute Gasteiger partial charge is 0.264 e. The molecule has 1 heterocycles. The monoisotopic (exact) mass is 312 g/mol. The second-order valence-corrected chi connectivity index (χ2v) is 5.05. The molecule has 8 heteroatoms. The van der Waals surface area contributed by atoms with Crippen LogP contribution in [-0.2, 0) is 11.8 Å². The number of aromatic nitrogens is 2. The molecular weight excluding hydrogens is 292 g/mol. The van der Waals surface area contributed by atoms with Crippen molar-refractivity contribution in [3.63, 3.8) is 0 Å². The third-order valence-electron chi connectivity index (χ3n) is 2.97. The van der Waals surface area contributed by atoms with Gasteiger partial charge in [0.2, 0.25) is 11.8 Å². The summed E-state index contributed by atoms with van der Waals surface area (Å²) in [5.41, 5.74) is 1.71. The van der Waals surface area contributed by atoms with Crippen LogP contribution >= 0.6 is 12.2 Å². The fourth-order valence-corrected chi connectivity index (χ4v) is 1.86. The Kier molecular flexibility index (Phi) is 6.80. The van der Waals surface area contributed by atoms with Gasteiger partial charge in [0.25, 0.3) is 5.56 Å². The van der Waals surface area contributed by atoms with E-state index in [9.17, 15) is 14.7 Å². The minimum atomic E-state index is -0.559. The van der Waals surface area contributed by atoms with Crippen LogP contribution in [0.3, 0.4) is 0 Å². The number of hydrazone groups is 1. The summed E-state index contributed by atoms with van der Waals surface area (Å²) in [7, 11) is 1.51. The maximum atomic E-state index is 11.6. The lowest BCUT2D eigenvalue weighted by molar-refractivity contribution is -0.121. The molecule has 0 atom stereocenters. The van der Waals surface area contributed by atoms with Gasteiger partial charge in [0.15, 0.2) is 4.77 Å². The zero-order chi connectivity index (χ0) is 15.8. The second-order valence-electron chi connectivity index (χ2n) is 4.66. The first-order chi connectivity index (χ1) is 9.97. The fourth-order valence-electron chi connectivity index (χ4n) is 1.68. The van der Waals surface area contributed by atoms with Gasteiger partial charge in [-0.15, -0.1) is 0 Å². The van der Waals surface area contributed by atoms with Crippen LogP contribution in [0, 0.1) is 4.77 Å². The molecule has 116 valence electrons. The van der Waals surface area contributed by atoms with Crippen molar-refractivity contribution in [1.82, 2.24) is 15.0 Å². The molecule has 0 fully saturated rings. The number of carbonyl (C=O) groups is 1. The Balaban J connectivity index is 2.62. The molecule has 0 spiro atoms. The minimum Gasteiger partial charge on any atom is -0.494 e. The van der Waals surface area contributed by atoms with Crippen molar-refractivity contribution in [2.24, 2.45) is 12.1 Å². The van der Waals surface area contributed by atoms with Crippen molar-refractivity contribution in [3.8, 4) is 5.88 Å². The average molecular weight is 312 g/mol. The summed E-state index contributed by atoms with van der Waals surface area (Å²) in [4.78, 5) is 25.5. The number of unbranched alkanes of at least 4 members (excludes halogenated alkanes) is 3. The Hall–Kier alpha value is -1.96. The lowest BCUT2D eigenvalue weighted by Crippen LogP contribution is -2.20. The summed E-state index contributed by atoms with van der Waals surface area (Å²) in [5, 5.41) is 13.5. The molecule has 0 aromatic carbocycles. The third kappa shape index (κ3) is 5.14. The highest BCUT2D eigenvalue weighted by atomic mass is 32.1. The van der Waals surface area contributed by atoms with E-state index in [4.69, 9.17) is 12.2 Å². The molecule has 1 rings (SSSR count). The number of hydrogen-bond donors (Lipinski definition) is 3. The van der Waals surface area contributed by atoms with E-state index in [0.717, 1.165) is 31.9 Å². The van der Waals surface area contributed by atoms with Gasteiger partial charge < -0.3 is 5.11 Å². The van der Waals surface area contributed by atoms with E-state index in [1.165, 1.54) is 11.6 Å². The van der Waals surface area contributed by atoms with Gasteiger partial charge in [-0.2, -0.15) is 5.10 Å². The summed E-state index contributed by atoms with van der Waals surface area (Å²) in [6, 6.07) is 0. The Morgan fingerprint density at radius 1 is 1.48 bits per heavy atom. The normalized spacial score (nSPS) is 11.0. The molecule has 21 heavy (non-hydrogen) atoms. The molecule has 0 radical (unpaired) electrons. The standard InChI is InChI=1S/C13H20N4O3S/c1-3-4-5-6-7-10(18)16-14-8-9-11(19)15-13(21)17(2)12(9)20/h8,20H,3-7H2,1-2H3,(H,16,18)(H,15,19,21)/b14-8+. The van der Waals surface area contributed by atoms with Crippen LogP contribution < -0.4 is 11.0 Å². The zero-order valence-corrected chi connectivity index (χ0v) is 13.0. The first kappa shape index (κ1) is 17.1. The summed E-state index contributed by atoms with van der Waals surface area (Å²) >= 11 is 4.84. The highest BCUT2D eigenvalue weighted by molar-refractivity contribution is 7.71. The van der Waals surface area contributed by atoms with E-state index < -0.39 is 5.56 Å². The molecule has 0 bridgehead atoms. The Bertz CT molecular complexity index is 633. The largest absolute Gasteiger partial charge is 0.494 e. The SMILES string of the molecule is CCCCCCC(=O)N/N=C/c1c(O)n(C)c(=S)[nH]c1=O. The maximum Gasteiger partial charge on any atom is 0.264 e. The van der Waals surface area contributed by atoms with Gasteiger partial charge in [0, 0.05) is 13.5 Å². The Labute approximate surface area is 127 Å². The Morgan fingerprint density at radius 3 is 2.86 bits per heavy atom. The summed E-state index contributed by atoms with van der Waals surface area (Å²) in [6.07, 6.45) is 5.51. The van der Waals surface area contributed by atoms with Gasteiger partial charge in [-0.1, -0.05) is 26.2 Å². The van der Waals surface area contributed by atoms with Crippen molar-refractivity contribution in [2.75, 3.05) is 0 Å². The first-order valence-corrected chi connectivity index (χ1v) is 7.22. The van der Waals surface area contributed by atoms with Crippen LogP contribution in [0.5, 0.6) is 5.88 Å². The molecule has 0 saturated heterocycles. The number of amides is 1. The number of nitrogens with one attached hydrogen (secondary N) is 2. The van der Waals surface area contributed by atoms with E-state index in [1.54, 1.807) is 0 Å². The van der Waals surface area contributed by atoms with Gasteiger partial charge in [-0.25, -0.2) is 5.43 Å². The number of H-pyrrole nitrogens is 1. The van der Waals surface area contributed by atoms with Crippen LogP contribution in [-0.4, -0.2) is 26.8 Å².